The Hall–Kier alpha value is -3.89. The first-order valence-corrected chi connectivity index (χ1v) is 12.4. The summed E-state index contributed by atoms with van der Waals surface area (Å²) in [5.41, 5.74) is 6.56. The van der Waals surface area contributed by atoms with Gasteiger partial charge >= 0.3 is 12.1 Å². The summed E-state index contributed by atoms with van der Waals surface area (Å²) in [5.74, 6) is -2.60. The highest BCUT2D eigenvalue weighted by Crippen LogP contribution is 2.29. The molecule has 0 fully saturated rings. The van der Waals surface area contributed by atoms with Gasteiger partial charge in [-0.2, -0.15) is 0 Å². The van der Waals surface area contributed by atoms with Crippen LogP contribution in [-0.4, -0.2) is 66.0 Å². The Kier molecular flexibility index (Phi) is 12.5. The zero-order valence-electron chi connectivity index (χ0n) is 23.1. The molecule has 1 rings (SSSR count). The third-order valence-corrected chi connectivity index (χ3v) is 5.31. The van der Waals surface area contributed by atoms with E-state index in [0.29, 0.717) is 5.56 Å². The highest BCUT2D eigenvalue weighted by Gasteiger charge is 2.37. The minimum absolute atomic E-state index is 0.0178. The Bertz CT molecular complexity index is 1010. The quantitative estimate of drug-likeness (QED) is 0.260. The number of hydrogen-bond donors (Lipinski definition) is 3. The number of carbonyl (C=O) groups excluding carboxylic acids is 5. The van der Waals surface area contributed by atoms with Gasteiger partial charge in [0.1, 0.15) is 17.7 Å². The second-order valence-corrected chi connectivity index (χ2v) is 9.70. The summed E-state index contributed by atoms with van der Waals surface area (Å²) in [5, 5.41) is 5.11. The summed E-state index contributed by atoms with van der Waals surface area (Å²) in [6.45, 7) is 14.1. The molecule has 2 unspecified atom stereocenters. The number of benzene rings is 1. The average molecular weight is 533 g/mol. The van der Waals surface area contributed by atoms with Crippen LogP contribution in [0.15, 0.2) is 30.9 Å². The predicted octanol–water partition coefficient (Wildman–Crippen LogP) is 2.20. The number of ether oxygens (including phenoxy) is 2. The van der Waals surface area contributed by atoms with E-state index in [1.165, 1.54) is 11.0 Å². The normalized spacial score (nSPS) is 12.5. The molecule has 0 spiro atoms. The number of primary amides is 1. The van der Waals surface area contributed by atoms with E-state index < -0.39 is 53.9 Å². The second kappa shape index (κ2) is 14.7. The number of alkyl carbamates (subject to hydrolysis) is 1. The minimum atomic E-state index is -1.40. The van der Waals surface area contributed by atoms with Crippen molar-refractivity contribution in [3.8, 4) is 0 Å². The third kappa shape index (κ3) is 10.2. The minimum Gasteiger partial charge on any atom is -0.466 e. The largest absolute Gasteiger partial charge is 0.466 e. The van der Waals surface area contributed by atoms with E-state index in [0.717, 1.165) is 11.1 Å². The smallest absolute Gasteiger partial charge is 0.408 e. The lowest BCUT2D eigenvalue weighted by Gasteiger charge is -2.35. The number of aryl methyl sites for hydroxylation is 2. The molecule has 1 aromatic rings. The van der Waals surface area contributed by atoms with E-state index in [1.807, 2.05) is 6.07 Å². The lowest BCUT2D eigenvalue weighted by Crippen LogP contribution is -2.54. The first-order valence-electron chi connectivity index (χ1n) is 12.4. The highest BCUT2D eigenvalue weighted by molar-refractivity contribution is 5.95. The Labute approximate surface area is 224 Å². The maximum atomic E-state index is 13.8. The van der Waals surface area contributed by atoms with Gasteiger partial charge in [0.2, 0.25) is 17.7 Å². The van der Waals surface area contributed by atoms with Gasteiger partial charge in [-0.05, 0) is 58.2 Å². The van der Waals surface area contributed by atoms with Crippen molar-refractivity contribution in [1.29, 1.82) is 0 Å². The van der Waals surface area contributed by atoms with Crippen molar-refractivity contribution in [2.45, 2.75) is 72.1 Å². The molecule has 2 atom stereocenters. The summed E-state index contributed by atoms with van der Waals surface area (Å²) < 4.78 is 10.2. The van der Waals surface area contributed by atoms with E-state index in [4.69, 9.17) is 15.2 Å². The predicted molar refractivity (Wildman–Crippen MR) is 142 cm³/mol. The van der Waals surface area contributed by atoms with Gasteiger partial charge in [-0.25, -0.2) is 4.79 Å². The molecule has 0 saturated carbocycles. The van der Waals surface area contributed by atoms with Gasteiger partial charge in [0, 0.05) is 13.1 Å². The van der Waals surface area contributed by atoms with Crippen LogP contribution in [0.5, 0.6) is 0 Å². The fourth-order valence-corrected chi connectivity index (χ4v) is 3.82. The number of nitrogens with zero attached hydrogens (tertiary/aromatic N) is 1. The molecular formula is C27H40N4O7. The Morgan fingerprint density at radius 1 is 1.13 bits per heavy atom. The van der Waals surface area contributed by atoms with Crippen LogP contribution in [0.3, 0.4) is 0 Å². The molecule has 0 aliphatic rings. The van der Waals surface area contributed by atoms with E-state index in [9.17, 15) is 24.0 Å². The highest BCUT2D eigenvalue weighted by atomic mass is 16.6. The average Bonchev–Trinajstić information content (AvgIpc) is 2.78. The van der Waals surface area contributed by atoms with Crippen molar-refractivity contribution >= 4 is 29.8 Å². The van der Waals surface area contributed by atoms with Crippen LogP contribution in [0.1, 0.15) is 63.3 Å². The lowest BCUT2D eigenvalue weighted by atomic mass is 9.93. The molecule has 11 heteroatoms. The molecule has 0 radical (unpaired) electrons. The fourth-order valence-electron chi connectivity index (χ4n) is 3.82. The molecule has 11 nitrogen and oxygen atoms in total. The van der Waals surface area contributed by atoms with Crippen molar-refractivity contribution in [3.63, 3.8) is 0 Å². The fraction of sp³-hybridized carbons (Fsp3) is 0.519. The molecule has 0 saturated heterocycles. The van der Waals surface area contributed by atoms with E-state index in [2.05, 4.69) is 17.2 Å². The SMILES string of the molecule is C=CCN(C(=O)C(CC(N)=O)NC(=O)OC(C)(C)C)C(C(=O)NCCC(=O)OCC)c1c(C)cccc1C. The molecule has 0 aliphatic heterocycles. The standard InChI is InChI=1S/C27H40N4O7/c1-8-15-31(25(35)19(16-20(28)32)30-26(36)38-27(5,6)7)23(22-17(3)11-10-12-18(22)4)24(34)29-14-13-21(33)37-9-2/h8,10-12,19,23H,1,9,13-16H2,2-7H3,(H2,28,32)(H,29,34)(H,30,36). The zero-order valence-corrected chi connectivity index (χ0v) is 23.1. The summed E-state index contributed by atoms with van der Waals surface area (Å²) in [6.07, 6.45) is -0.0634. The summed E-state index contributed by atoms with van der Waals surface area (Å²) >= 11 is 0. The van der Waals surface area contributed by atoms with Crippen LogP contribution in [0.25, 0.3) is 0 Å². The van der Waals surface area contributed by atoms with Gasteiger partial charge in [-0.15, -0.1) is 6.58 Å². The Morgan fingerprint density at radius 2 is 1.74 bits per heavy atom. The van der Waals surface area contributed by atoms with Gasteiger partial charge in [0.25, 0.3) is 0 Å². The lowest BCUT2D eigenvalue weighted by molar-refractivity contribution is -0.144. The number of carbonyl (C=O) groups is 5. The Balaban J connectivity index is 3.47. The van der Waals surface area contributed by atoms with Crippen LogP contribution in [0, 0.1) is 13.8 Å². The van der Waals surface area contributed by atoms with E-state index >= 15 is 0 Å². The molecule has 0 aliphatic carbocycles. The van der Waals surface area contributed by atoms with Crippen molar-refractivity contribution in [2.24, 2.45) is 5.73 Å². The molecule has 0 aromatic heterocycles. The first-order chi connectivity index (χ1) is 17.7. The van der Waals surface area contributed by atoms with Crippen LogP contribution < -0.4 is 16.4 Å². The topological polar surface area (TPSA) is 157 Å². The molecule has 0 bridgehead atoms. The molecule has 0 heterocycles. The van der Waals surface area contributed by atoms with Crippen LogP contribution in [0.4, 0.5) is 4.79 Å². The van der Waals surface area contributed by atoms with Gasteiger partial charge in [-0.3, -0.25) is 19.2 Å². The molecule has 4 N–H and O–H groups in total. The van der Waals surface area contributed by atoms with Crippen molar-refractivity contribution in [3.05, 3.63) is 47.5 Å². The number of nitrogens with one attached hydrogen (secondary N) is 2. The number of amides is 4. The maximum Gasteiger partial charge on any atom is 0.408 e. The van der Waals surface area contributed by atoms with Crippen LogP contribution >= 0.6 is 0 Å². The first kappa shape index (κ1) is 32.1. The number of rotatable bonds is 13. The molecule has 4 amide bonds. The second-order valence-electron chi connectivity index (χ2n) is 9.70. The van der Waals surface area contributed by atoms with Gasteiger partial charge in [0.05, 0.1) is 19.4 Å². The molecule has 210 valence electrons. The summed E-state index contributed by atoms with van der Waals surface area (Å²) in [6, 6.07) is 2.86. The molecule has 1 aromatic carbocycles. The number of esters is 1. The van der Waals surface area contributed by atoms with Gasteiger partial charge in [0.15, 0.2) is 0 Å². The number of hydrogen-bond acceptors (Lipinski definition) is 7. The van der Waals surface area contributed by atoms with E-state index in [-0.39, 0.29) is 26.1 Å². The molecular weight excluding hydrogens is 492 g/mol. The Morgan fingerprint density at radius 3 is 2.24 bits per heavy atom. The number of nitrogens with two attached hydrogens (primary N) is 1. The monoisotopic (exact) mass is 532 g/mol. The summed E-state index contributed by atoms with van der Waals surface area (Å²) in [7, 11) is 0. The molecule has 38 heavy (non-hydrogen) atoms. The van der Waals surface area contributed by atoms with E-state index in [1.54, 1.807) is 53.7 Å². The van der Waals surface area contributed by atoms with Gasteiger partial charge < -0.3 is 30.7 Å². The zero-order chi connectivity index (χ0) is 29.0. The van der Waals surface area contributed by atoms with Crippen LogP contribution in [0.2, 0.25) is 0 Å². The van der Waals surface area contributed by atoms with Gasteiger partial charge in [-0.1, -0.05) is 24.3 Å². The summed E-state index contributed by atoms with van der Waals surface area (Å²) in [4.78, 5) is 64.7. The van der Waals surface area contributed by atoms with Crippen molar-refractivity contribution in [1.82, 2.24) is 15.5 Å². The van der Waals surface area contributed by atoms with Crippen molar-refractivity contribution < 1.29 is 33.4 Å². The third-order valence-electron chi connectivity index (χ3n) is 5.31. The maximum absolute atomic E-state index is 13.8. The van der Waals surface area contributed by atoms with Crippen molar-refractivity contribution in [2.75, 3.05) is 19.7 Å². The van der Waals surface area contributed by atoms with Crippen LogP contribution in [-0.2, 0) is 28.7 Å².